The van der Waals surface area contributed by atoms with Crippen LogP contribution >= 0.6 is 0 Å². The van der Waals surface area contributed by atoms with E-state index in [9.17, 15) is 9.90 Å². The van der Waals surface area contributed by atoms with Gasteiger partial charge < -0.3 is 15.2 Å². The van der Waals surface area contributed by atoms with Crippen molar-refractivity contribution in [3.05, 3.63) is 36.0 Å². The lowest BCUT2D eigenvalue weighted by Crippen LogP contribution is -1.84. The number of carboxylic acid groups (broad SMARTS) is 1. The molecule has 0 aliphatic rings. The van der Waals surface area contributed by atoms with Crippen LogP contribution in [0.2, 0.25) is 0 Å². The number of nitrogens with one attached hydrogen (secondary N) is 1. The van der Waals surface area contributed by atoms with E-state index < -0.39 is 5.97 Å². The van der Waals surface area contributed by atoms with Gasteiger partial charge in [0.05, 0.1) is 0 Å². The van der Waals surface area contributed by atoms with Gasteiger partial charge in [-0.15, -0.1) is 0 Å². The van der Waals surface area contributed by atoms with Gasteiger partial charge in [-0.2, -0.15) is 0 Å². The van der Waals surface area contributed by atoms with Gasteiger partial charge in [0.15, 0.2) is 0 Å². The molecule has 3 N–H and O–H groups in total. The van der Waals surface area contributed by atoms with Crippen molar-refractivity contribution in [1.82, 2.24) is 4.98 Å². The average Bonchev–Trinajstić information content (AvgIpc) is 2.57. The Bertz CT molecular complexity index is 540. The highest BCUT2D eigenvalue weighted by Crippen LogP contribution is 2.23. The second-order valence-electron chi connectivity index (χ2n) is 3.15. The quantitative estimate of drug-likeness (QED) is 0.653. The molecule has 0 unspecified atom stereocenters. The third kappa shape index (κ3) is 1.83. The zero-order valence-corrected chi connectivity index (χ0v) is 7.77. The summed E-state index contributed by atoms with van der Waals surface area (Å²) in [6.45, 7) is 0. The Balaban J connectivity index is 2.50. The summed E-state index contributed by atoms with van der Waals surface area (Å²) in [6, 6.07) is 4.89. The van der Waals surface area contributed by atoms with Crippen molar-refractivity contribution in [3.63, 3.8) is 0 Å². The Morgan fingerprint density at radius 1 is 1.40 bits per heavy atom. The second kappa shape index (κ2) is 3.49. The minimum Gasteiger partial charge on any atom is -0.508 e. The third-order valence-corrected chi connectivity index (χ3v) is 2.10. The molecule has 0 bridgehead atoms. The zero-order valence-electron chi connectivity index (χ0n) is 7.77. The Labute approximate surface area is 85.5 Å². The summed E-state index contributed by atoms with van der Waals surface area (Å²) in [5.41, 5.74) is 1.56. The van der Waals surface area contributed by atoms with Crippen molar-refractivity contribution in [1.29, 1.82) is 0 Å². The van der Waals surface area contributed by atoms with Gasteiger partial charge in [0.2, 0.25) is 0 Å². The molecule has 0 fully saturated rings. The van der Waals surface area contributed by atoms with E-state index in [4.69, 9.17) is 5.11 Å². The first-order chi connectivity index (χ1) is 7.16. The van der Waals surface area contributed by atoms with Gasteiger partial charge in [0, 0.05) is 34.8 Å². The van der Waals surface area contributed by atoms with Crippen molar-refractivity contribution in [2.24, 2.45) is 0 Å². The summed E-state index contributed by atoms with van der Waals surface area (Å²) in [5, 5.41) is 18.6. The SMILES string of the molecule is O=C(O)/C=C\c1c[nH]c2cc(O)ccc12. The maximum atomic E-state index is 10.3. The minimum atomic E-state index is -0.983. The van der Waals surface area contributed by atoms with Crippen LogP contribution in [0.4, 0.5) is 0 Å². The van der Waals surface area contributed by atoms with E-state index in [-0.39, 0.29) is 5.75 Å². The number of hydrogen-bond donors (Lipinski definition) is 3. The number of hydrogen-bond acceptors (Lipinski definition) is 2. The van der Waals surface area contributed by atoms with Crippen LogP contribution in [0.15, 0.2) is 30.5 Å². The highest BCUT2D eigenvalue weighted by molar-refractivity contribution is 5.93. The molecule has 0 aliphatic heterocycles. The highest BCUT2D eigenvalue weighted by Gasteiger charge is 2.01. The van der Waals surface area contributed by atoms with Gasteiger partial charge in [-0.1, -0.05) is 0 Å². The van der Waals surface area contributed by atoms with E-state index in [0.29, 0.717) is 0 Å². The standard InChI is InChI=1S/C11H9NO3/c13-8-2-3-9-7(1-4-11(14)15)6-12-10(9)5-8/h1-6,12-13H,(H,14,15)/b4-1-. The lowest BCUT2D eigenvalue weighted by atomic mass is 10.1. The Morgan fingerprint density at radius 2 is 2.20 bits per heavy atom. The molecule has 2 aromatic rings. The normalized spacial score (nSPS) is 11.2. The van der Waals surface area contributed by atoms with Gasteiger partial charge in [-0.25, -0.2) is 4.79 Å². The maximum absolute atomic E-state index is 10.3. The predicted molar refractivity (Wildman–Crippen MR) is 56.6 cm³/mol. The van der Waals surface area contributed by atoms with Crippen molar-refractivity contribution >= 4 is 22.9 Å². The molecule has 1 heterocycles. The molecular weight excluding hydrogens is 194 g/mol. The number of aromatic nitrogens is 1. The predicted octanol–water partition coefficient (Wildman–Crippen LogP) is 1.97. The number of rotatable bonds is 2. The van der Waals surface area contributed by atoms with Crippen LogP contribution in [0, 0.1) is 0 Å². The third-order valence-electron chi connectivity index (χ3n) is 2.10. The number of carboxylic acids is 1. The fraction of sp³-hybridized carbons (Fsp3) is 0. The zero-order chi connectivity index (χ0) is 10.8. The van der Waals surface area contributed by atoms with Crippen LogP contribution in [0.1, 0.15) is 5.56 Å². The van der Waals surface area contributed by atoms with Crippen LogP contribution in [0.5, 0.6) is 5.75 Å². The molecule has 76 valence electrons. The van der Waals surface area contributed by atoms with Gasteiger partial charge in [0.1, 0.15) is 5.75 Å². The summed E-state index contributed by atoms with van der Waals surface area (Å²) in [7, 11) is 0. The van der Waals surface area contributed by atoms with E-state index in [2.05, 4.69) is 4.98 Å². The second-order valence-corrected chi connectivity index (χ2v) is 3.15. The molecule has 15 heavy (non-hydrogen) atoms. The fourth-order valence-electron chi connectivity index (χ4n) is 1.44. The molecule has 1 aromatic heterocycles. The number of aromatic amines is 1. The highest BCUT2D eigenvalue weighted by atomic mass is 16.4. The number of phenols is 1. The lowest BCUT2D eigenvalue weighted by Gasteiger charge is -1.93. The Kier molecular flexibility index (Phi) is 2.17. The Hall–Kier alpha value is -2.23. The van der Waals surface area contributed by atoms with Crippen molar-refractivity contribution < 1.29 is 15.0 Å². The summed E-state index contributed by atoms with van der Waals surface area (Å²) in [6.07, 6.45) is 4.29. The van der Waals surface area contributed by atoms with Gasteiger partial charge >= 0.3 is 5.97 Å². The number of carbonyl (C=O) groups is 1. The number of H-pyrrole nitrogens is 1. The van der Waals surface area contributed by atoms with E-state index in [1.165, 1.54) is 6.08 Å². The molecule has 0 saturated heterocycles. The van der Waals surface area contributed by atoms with Gasteiger partial charge in [-0.3, -0.25) is 0 Å². The number of benzene rings is 1. The largest absolute Gasteiger partial charge is 0.508 e. The monoisotopic (exact) mass is 203 g/mol. The molecule has 1 aromatic carbocycles. The molecule has 0 saturated carbocycles. The number of fused-ring (bicyclic) bond motifs is 1. The molecule has 0 aliphatic carbocycles. The number of aromatic hydroxyl groups is 1. The van der Waals surface area contributed by atoms with E-state index in [1.807, 2.05) is 0 Å². The van der Waals surface area contributed by atoms with Crippen LogP contribution < -0.4 is 0 Å². The van der Waals surface area contributed by atoms with Crippen LogP contribution in [-0.4, -0.2) is 21.2 Å². The number of aliphatic carboxylic acids is 1. The van der Waals surface area contributed by atoms with Crippen LogP contribution in [0.25, 0.3) is 17.0 Å². The van der Waals surface area contributed by atoms with E-state index in [1.54, 1.807) is 24.4 Å². The van der Waals surface area contributed by atoms with E-state index in [0.717, 1.165) is 22.5 Å². The topological polar surface area (TPSA) is 73.3 Å². The first-order valence-electron chi connectivity index (χ1n) is 4.38. The molecule has 4 heteroatoms. The summed E-state index contributed by atoms with van der Waals surface area (Å²) < 4.78 is 0. The molecule has 0 spiro atoms. The van der Waals surface area contributed by atoms with Gasteiger partial charge in [-0.05, 0) is 18.2 Å². The Morgan fingerprint density at radius 3 is 2.93 bits per heavy atom. The van der Waals surface area contributed by atoms with Crippen molar-refractivity contribution in [2.75, 3.05) is 0 Å². The molecule has 0 atom stereocenters. The van der Waals surface area contributed by atoms with Crippen LogP contribution in [-0.2, 0) is 4.79 Å². The first kappa shape index (κ1) is 9.33. The van der Waals surface area contributed by atoms with E-state index >= 15 is 0 Å². The summed E-state index contributed by atoms with van der Waals surface area (Å²) in [4.78, 5) is 13.3. The minimum absolute atomic E-state index is 0.179. The summed E-state index contributed by atoms with van der Waals surface area (Å²) >= 11 is 0. The number of phenolic OH excluding ortho intramolecular Hbond substituents is 1. The molecular formula is C11H9NO3. The molecule has 0 amide bonds. The fourth-order valence-corrected chi connectivity index (χ4v) is 1.44. The van der Waals surface area contributed by atoms with Crippen LogP contribution in [0.3, 0.4) is 0 Å². The first-order valence-corrected chi connectivity index (χ1v) is 4.38. The van der Waals surface area contributed by atoms with Crippen molar-refractivity contribution in [2.45, 2.75) is 0 Å². The molecule has 0 radical (unpaired) electrons. The molecule has 2 rings (SSSR count). The smallest absolute Gasteiger partial charge is 0.328 e. The van der Waals surface area contributed by atoms with Crippen molar-refractivity contribution in [3.8, 4) is 5.75 Å². The summed E-state index contributed by atoms with van der Waals surface area (Å²) in [5.74, 6) is -0.804. The average molecular weight is 203 g/mol. The maximum Gasteiger partial charge on any atom is 0.328 e. The molecule has 4 nitrogen and oxygen atoms in total. The van der Waals surface area contributed by atoms with Gasteiger partial charge in [0.25, 0.3) is 0 Å². The lowest BCUT2D eigenvalue weighted by molar-refractivity contribution is -0.131.